The van der Waals surface area contributed by atoms with Crippen molar-refractivity contribution in [3.8, 4) is 0 Å². The molecule has 2 aliphatic heterocycles. The Hall–Kier alpha value is -3.60. The van der Waals surface area contributed by atoms with E-state index >= 15 is 0 Å². The van der Waals surface area contributed by atoms with E-state index in [1.807, 2.05) is 35.2 Å². The monoisotopic (exact) mass is 397 g/mol. The number of aromatic nitrogens is 1. The molecule has 1 unspecified atom stereocenters. The summed E-state index contributed by atoms with van der Waals surface area (Å²) < 4.78 is 14.2. The molecule has 0 saturated heterocycles. The third-order valence-corrected chi connectivity index (χ3v) is 6.24. The minimum absolute atomic E-state index is 0.0174. The van der Waals surface area contributed by atoms with Crippen molar-refractivity contribution >= 4 is 28.2 Å². The largest absolute Gasteiger partial charge is 0.355 e. The van der Waals surface area contributed by atoms with Crippen LogP contribution in [0.25, 0.3) is 10.9 Å². The molecule has 4 nitrogen and oxygen atoms in total. The predicted octanol–water partition coefficient (Wildman–Crippen LogP) is 5.46. The maximum absolute atomic E-state index is 14.2. The molecular formula is C25H20FN3O. The molecule has 0 spiro atoms. The van der Waals surface area contributed by atoms with Crippen molar-refractivity contribution in [1.29, 1.82) is 0 Å². The van der Waals surface area contributed by atoms with E-state index in [2.05, 4.69) is 35.0 Å². The number of benzene rings is 3. The van der Waals surface area contributed by atoms with Gasteiger partial charge in [-0.05, 0) is 61.4 Å². The lowest BCUT2D eigenvalue weighted by atomic mass is 9.95. The average Bonchev–Trinajstić information content (AvgIpc) is 3.12. The number of nitrogens with one attached hydrogen (secondary N) is 1. The van der Waals surface area contributed by atoms with Crippen molar-refractivity contribution in [1.82, 2.24) is 9.88 Å². The molecule has 3 aromatic carbocycles. The molecule has 1 N–H and O–H groups in total. The summed E-state index contributed by atoms with van der Waals surface area (Å²) in [6, 6.07) is 20.6. The van der Waals surface area contributed by atoms with Crippen molar-refractivity contribution in [2.45, 2.75) is 19.5 Å². The molecule has 4 aromatic rings. The zero-order chi connectivity index (χ0) is 20.4. The van der Waals surface area contributed by atoms with Crippen molar-refractivity contribution in [3.63, 3.8) is 0 Å². The van der Waals surface area contributed by atoms with Gasteiger partial charge >= 0.3 is 0 Å². The summed E-state index contributed by atoms with van der Waals surface area (Å²) in [4.78, 5) is 20.9. The Morgan fingerprint density at radius 2 is 1.90 bits per heavy atom. The van der Waals surface area contributed by atoms with E-state index in [-0.39, 0.29) is 17.9 Å². The van der Waals surface area contributed by atoms with Gasteiger partial charge in [-0.15, -0.1) is 0 Å². The highest BCUT2D eigenvalue weighted by atomic mass is 19.1. The van der Waals surface area contributed by atoms with Gasteiger partial charge in [-0.3, -0.25) is 4.79 Å². The van der Waals surface area contributed by atoms with Gasteiger partial charge in [0.2, 0.25) is 0 Å². The lowest BCUT2D eigenvalue weighted by molar-refractivity contribution is 0.0642. The number of anilines is 2. The molecule has 0 radical (unpaired) electrons. The molecule has 1 aromatic heterocycles. The molecular weight excluding hydrogens is 377 g/mol. The van der Waals surface area contributed by atoms with Crippen molar-refractivity contribution in [2.24, 2.45) is 0 Å². The Morgan fingerprint density at radius 1 is 1.03 bits per heavy atom. The van der Waals surface area contributed by atoms with Gasteiger partial charge in [0.05, 0.1) is 16.9 Å². The van der Waals surface area contributed by atoms with Gasteiger partial charge in [0.1, 0.15) is 5.82 Å². The van der Waals surface area contributed by atoms with E-state index in [4.69, 9.17) is 0 Å². The number of aromatic amines is 1. The SMILES string of the molecule is Cc1ccc2[nH]c3c(c2c1)CCN1C(=O)c2ccccc2N(c2cccc(F)c2)C31. The highest BCUT2D eigenvalue weighted by molar-refractivity contribution is 6.04. The van der Waals surface area contributed by atoms with E-state index in [0.29, 0.717) is 12.1 Å². The van der Waals surface area contributed by atoms with Crippen LogP contribution in [-0.2, 0) is 6.42 Å². The topological polar surface area (TPSA) is 39.3 Å². The maximum atomic E-state index is 14.2. The second-order valence-corrected chi connectivity index (χ2v) is 8.06. The van der Waals surface area contributed by atoms with Crippen molar-refractivity contribution in [2.75, 3.05) is 11.4 Å². The van der Waals surface area contributed by atoms with Crippen LogP contribution in [-0.4, -0.2) is 22.3 Å². The summed E-state index contributed by atoms with van der Waals surface area (Å²) >= 11 is 0. The fourth-order valence-electron chi connectivity index (χ4n) is 4.92. The first-order valence-corrected chi connectivity index (χ1v) is 10.2. The summed E-state index contributed by atoms with van der Waals surface area (Å²) in [7, 11) is 0. The average molecular weight is 397 g/mol. The zero-order valence-electron chi connectivity index (χ0n) is 16.5. The molecule has 0 saturated carbocycles. The van der Waals surface area contributed by atoms with Crippen LogP contribution in [0.3, 0.4) is 0 Å². The number of rotatable bonds is 1. The lowest BCUT2D eigenvalue weighted by Crippen LogP contribution is -2.50. The number of fused-ring (bicyclic) bond motifs is 6. The van der Waals surface area contributed by atoms with Crippen molar-refractivity contribution in [3.05, 3.63) is 94.9 Å². The van der Waals surface area contributed by atoms with Crippen LogP contribution in [0.1, 0.15) is 33.3 Å². The lowest BCUT2D eigenvalue weighted by Gasteiger charge is -2.47. The second-order valence-electron chi connectivity index (χ2n) is 8.06. The van der Waals surface area contributed by atoms with Crippen LogP contribution >= 0.6 is 0 Å². The van der Waals surface area contributed by atoms with Crippen LogP contribution in [0.5, 0.6) is 0 Å². The highest BCUT2D eigenvalue weighted by Gasteiger charge is 2.43. The van der Waals surface area contributed by atoms with Gasteiger partial charge in [-0.25, -0.2) is 4.39 Å². The number of para-hydroxylation sites is 1. The minimum atomic E-state index is -0.342. The summed E-state index contributed by atoms with van der Waals surface area (Å²) in [5.41, 5.74) is 6.70. The predicted molar refractivity (Wildman–Crippen MR) is 115 cm³/mol. The van der Waals surface area contributed by atoms with Crippen LogP contribution < -0.4 is 4.90 Å². The Bertz CT molecular complexity index is 1330. The third kappa shape index (κ3) is 2.35. The molecule has 0 fully saturated rings. The number of carbonyl (C=O) groups is 1. The van der Waals surface area contributed by atoms with E-state index < -0.39 is 0 Å². The number of hydrogen-bond acceptors (Lipinski definition) is 2. The fourth-order valence-corrected chi connectivity index (χ4v) is 4.92. The van der Waals surface area contributed by atoms with Crippen LogP contribution in [0.15, 0.2) is 66.7 Å². The highest BCUT2D eigenvalue weighted by Crippen LogP contribution is 2.47. The molecule has 5 heteroatoms. The first kappa shape index (κ1) is 17.3. The second kappa shape index (κ2) is 6.20. The number of hydrogen-bond donors (Lipinski definition) is 1. The van der Waals surface area contributed by atoms with E-state index in [0.717, 1.165) is 29.0 Å². The van der Waals surface area contributed by atoms with Crippen molar-refractivity contribution < 1.29 is 9.18 Å². The molecule has 2 aliphatic rings. The van der Waals surface area contributed by atoms with Crippen LogP contribution in [0.2, 0.25) is 0 Å². The number of aryl methyl sites for hydroxylation is 1. The number of H-pyrrole nitrogens is 1. The standard InChI is InChI=1S/C25H20FN3O/c1-15-9-10-21-20(13-15)18-11-12-28-24(23(18)27-21)29(17-6-4-5-16(26)14-17)22-8-3-2-7-19(22)25(28)30/h2-10,13-14,24,27H,11-12H2,1H3. The Morgan fingerprint density at radius 3 is 2.77 bits per heavy atom. The van der Waals surface area contributed by atoms with Gasteiger partial charge in [0.15, 0.2) is 6.17 Å². The zero-order valence-corrected chi connectivity index (χ0v) is 16.5. The summed E-state index contributed by atoms with van der Waals surface area (Å²) in [6.07, 6.45) is 0.450. The minimum Gasteiger partial charge on any atom is -0.355 e. The smallest absolute Gasteiger partial charge is 0.257 e. The summed E-state index contributed by atoms with van der Waals surface area (Å²) in [5.74, 6) is -0.277. The van der Waals surface area contributed by atoms with E-state index in [9.17, 15) is 9.18 Å². The molecule has 0 bridgehead atoms. The Labute approximate surface area is 173 Å². The number of amides is 1. The number of halogens is 1. The molecule has 3 heterocycles. The van der Waals surface area contributed by atoms with Gasteiger partial charge < -0.3 is 14.8 Å². The third-order valence-electron chi connectivity index (χ3n) is 6.24. The van der Waals surface area contributed by atoms with Gasteiger partial charge in [0.25, 0.3) is 5.91 Å². The first-order valence-electron chi connectivity index (χ1n) is 10.2. The molecule has 0 aliphatic carbocycles. The van der Waals surface area contributed by atoms with Crippen LogP contribution in [0.4, 0.5) is 15.8 Å². The Kier molecular flexibility index (Phi) is 3.57. The molecule has 148 valence electrons. The quantitative estimate of drug-likeness (QED) is 0.463. The van der Waals surface area contributed by atoms with Gasteiger partial charge in [-0.2, -0.15) is 0 Å². The number of nitrogens with zero attached hydrogens (tertiary/aromatic N) is 2. The van der Waals surface area contributed by atoms with Gasteiger partial charge in [-0.1, -0.05) is 29.8 Å². The molecule has 6 rings (SSSR count). The first-order chi connectivity index (χ1) is 14.6. The van der Waals surface area contributed by atoms with E-state index in [1.165, 1.54) is 28.6 Å². The maximum Gasteiger partial charge on any atom is 0.257 e. The Balaban J connectivity index is 1.64. The fraction of sp³-hybridized carbons (Fsp3) is 0.160. The normalized spacial score (nSPS) is 17.7. The van der Waals surface area contributed by atoms with Crippen LogP contribution in [0, 0.1) is 12.7 Å². The molecule has 30 heavy (non-hydrogen) atoms. The van der Waals surface area contributed by atoms with E-state index in [1.54, 1.807) is 6.07 Å². The summed E-state index contributed by atoms with van der Waals surface area (Å²) in [5, 5.41) is 1.20. The summed E-state index contributed by atoms with van der Waals surface area (Å²) in [6.45, 7) is 2.71. The molecule has 1 amide bonds. The molecule has 1 atom stereocenters. The van der Waals surface area contributed by atoms with Gasteiger partial charge in [0, 0.05) is 23.1 Å². The number of carbonyl (C=O) groups excluding carboxylic acids is 1.